The highest BCUT2D eigenvalue weighted by Crippen LogP contribution is 2.39. The molecule has 0 fully saturated rings. The molecule has 39 heavy (non-hydrogen) atoms. The molecular weight excluding hydrogens is 531 g/mol. The Balaban J connectivity index is 1.95. The van der Waals surface area contributed by atoms with Gasteiger partial charge in [-0.05, 0) is 43.7 Å². The van der Waals surface area contributed by atoms with Crippen molar-refractivity contribution in [3.63, 3.8) is 0 Å². The first-order chi connectivity index (χ1) is 18.1. The number of phenolic OH excluding ortho intramolecular Hbond substituents is 3. The average molecular weight is 557 g/mol. The number of alkyl halides is 3. The molecule has 1 heterocycles. The monoisotopic (exact) mass is 557 g/mol. The highest BCUT2D eigenvalue weighted by atomic mass is 19.4. The fourth-order valence-electron chi connectivity index (χ4n) is 3.68. The second kappa shape index (κ2) is 11.5. The lowest BCUT2D eigenvalue weighted by atomic mass is 9.94. The van der Waals surface area contributed by atoms with Crippen molar-refractivity contribution in [1.82, 2.24) is 5.32 Å². The maximum atomic E-state index is 13.2. The molecule has 4 unspecified atom stereocenters. The summed E-state index contributed by atoms with van der Waals surface area (Å²) in [6.45, 7) is 1.43. The smallest absolute Gasteiger partial charge is 0.408 e. The van der Waals surface area contributed by atoms with Gasteiger partial charge in [-0.1, -0.05) is 6.07 Å². The molecule has 11 nitrogen and oxygen atoms in total. The lowest BCUT2D eigenvalue weighted by Crippen LogP contribution is -2.51. The van der Waals surface area contributed by atoms with Crippen molar-refractivity contribution in [3.8, 4) is 23.0 Å². The molecule has 4 atom stereocenters. The van der Waals surface area contributed by atoms with E-state index in [1.54, 1.807) is 5.32 Å². The normalized spacial score (nSPS) is 17.8. The number of aromatic hydroxyl groups is 3. The molecule has 14 heteroatoms. The van der Waals surface area contributed by atoms with Crippen LogP contribution in [0.1, 0.15) is 41.4 Å². The van der Waals surface area contributed by atoms with E-state index in [9.17, 15) is 53.4 Å². The Morgan fingerprint density at radius 1 is 1.05 bits per heavy atom. The summed E-state index contributed by atoms with van der Waals surface area (Å²) in [4.78, 5) is 25.6. The third-order valence-corrected chi connectivity index (χ3v) is 5.81. The predicted octanol–water partition coefficient (Wildman–Crippen LogP) is 1.65. The Bertz CT molecular complexity index is 1280. The molecule has 0 bridgehead atoms. The molecule has 0 aromatic heterocycles. The summed E-state index contributed by atoms with van der Waals surface area (Å²) in [5, 5.41) is 61.1. The number of ether oxygens (including phenoxy) is 2. The molecule has 212 valence electrons. The van der Waals surface area contributed by atoms with E-state index in [1.807, 2.05) is 0 Å². The van der Waals surface area contributed by atoms with Crippen molar-refractivity contribution in [1.29, 1.82) is 0 Å². The maximum absolute atomic E-state index is 13.2. The minimum atomic E-state index is -4.81. The van der Waals surface area contributed by atoms with Crippen molar-refractivity contribution < 1.29 is 62.9 Å². The molecule has 2 aromatic carbocycles. The van der Waals surface area contributed by atoms with Gasteiger partial charge in [0, 0.05) is 17.2 Å². The van der Waals surface area contributed by atoms with E-state index in [0.717, 1.165) is 19.1 Å². The lowest BCUT2D eigenvalue weighted by Gasteiger charge is -2.30. The first-order valence-corrected chi connectivity index (χ1v) is 11.4. The summed E-state index contributed by atoms with van der Waals surface area (Å²) < 4.78 is 49.4. The molecule has 2 aromatic rings. The molecule has 0 saturated carbocycles. The van der Waals surface area contributed by atoms with E-state index in [1.165, 1.54) is 24.3 Å². The van der Waals surface area contributed by atoms with Gasteiger partial charge in [-0.3, -0.25) is 9.59 Å². The molecule has 1 amide bonds. The number of halogens is 3. The summed E-state index contributed by atoms with van der Waals surface area (Å²) in [5.74, 6) is -3.59. The van der Waals surface area contributed by atoms with Crippen LogP contribution in [0.5, 0.6) is 23.0 Å². The number of hydrogen-bond donors (Lipinski definition) is 7. The Morgan fingerprint density at radius 2 is 1.72 bits per heavy atom. The van der Waals surface area contributed by atoms with Crippen LogP contribution in [0.3, 0.4) is 0 Å². The van der Waals surface area contributed by atoms with Gasteiger partial charge in [-0.15, -0.1) is 0 Å². The van der Waals surface area contributed by atoms with Crippen molar-refractivity contribution in [2.24, 2.45) is 0 Å². The van der Waals surface area contributed by atoms with Gasteiger partial charge in [-0.25, -0.2) is 0 Å². The first kappa shape index (κ1) is 29.7. The molecule has 0 radical (unpaired) electrons. The highest BCUT2D eigenvalue weighted by Gasteiger charge is 2.40. The fraction of sp³-hybridized carbons (Fsp3) is 0.360. The van der Waals surface area contributed by atoms with Crippen molar-refractivity contribution in [3.05, 3.63) is 52.6 Å². The minimum absolute atomic E-state index is 0.0774. The average Bonchev–Trinajstić information content (AvgIpc) is 2.82. The Morgan fingerprint density at radius 3 is 2.28 bits per heavy atom. The number of aliphatic hydroxyl groups is 3. The van der Waals surface area contributed by atoms with E-state index in [-0.39, 0.29) is 29.2 Å². The zero-order valence-corrected chi connectivity index (χ0v) is 20.5. The molecule has 3 rings (SSSR count). The summed E-state index contributed by atoms with van der Waals surface area (Å²) >= 11 is 0. The lowest BCUT2D eigenvalue weighted by molar-refractivity contribution is -0.192. The van der Waals surface area contributed by atoms with Crippen LogP contribution in [0.2, 0.25) is 0 Å². The molecule has 0 spiro atoms. The minimum Gasteiger partial charge on any atom is -0.507 e. The van der Waals surface area contributed by atoms with Crippen LogP contribution < -0.4 is 10.1 Å². The number of ketones is 1. The number of aliphatic hydroxyl groups excluding tert-OH is 2. The van der Waals surface area contributed by atoms with E-state index >= 15 is 0 Å². The van der Waals surface area contributed by atoms with Crippen molar-refractivity contribution in [2.75, 3.05) is 6.61 Å². The van der Waals surface area contributed by atoms with Gasteiger partial charge in [0.05, 0.1) is 11.7 Å². The van der Waals surface area contributed by atoms with E-state index in [0.29, 0.717) is 12.5 Å². The van der Waals surface area contributed by atoms with Crippen molar-refractivity contribution in [2.45, 2.75) is 50.7 Å². The van der Waals surface area contributed by atoms with Crippen LogP contribution in [0.4, 0.5) is 13.2 Å². The second-order valence-corrected chi connectivity index (χ2v) is 8.85. The SMILES string of the molecule is CC(O)C(OC(c1cc2c(cc1O)OC/C(=C\c1ccc(O)c(O)c1)C2=O)C(O)O)C(=O)NC(C)C(F)(F)F. The molecule has 0 aliphatic carbocycles. The van der Waals surface area contributed by atoms with E-state index in [2.05, 4.69) is 0 Å². The molecule has 1 aliphatic heterocycles. The van der Waals surface area contributed by atoms with E-state index < -0.39 is 65.6 Å². The molecule has 7 N–H and O–H groups in total. The number of carbonyl (C=O) groups excluding carboxylic acids is 2. The number of amides is 1. The van der Waals surface area contributed by atoms with Crippen LogP contribution in [0.15, 0.2) is 35.9 Å². The van der Waals surface area contributed by atoms with Crippen LogP contribution in [-0.4, -0.2) is 79.7 Å². The number of fused-ring (bicyclic) bond motifs is 1. The van der Waals surface area contributed by atoms with Crippen LogP contribution >= 0.6 is 0 Å². The van der Waals surface area contributed by atoms with E-state index in [4.69, 9.17) is 9.47 Å². The third-order valence-electron chi connectivity index (χ3n) is 5.81. The van der Waals surface area contributed by atoms with Crippen LogP contribution in [0, 0.1) is 0 Å². The Labute approximate surface area is 219 Å². The number of phenols is 3. The van der Waals surface area contributed by atoms with Gasteiger partial charge in [0.2, 0.25) is 0 Å². The largest absolute Gasteiger partial charge is 0.507 e. The third kappa shape index (κ3) is 6.78. The summed E-state index contributed by atoms with van der Waals surface area (Å²) in [7, 11) is 0. The Hall–Kier alpha value is -3.85. The maximum Gasteiger partial charge on any atom is 0.408 e. The quantitative estimate of drug-likeness (QED) is 0.143. The second-order valence-electron chi connectivity index (χ2n) is 8.85. The van der Waals surface area contributed by atoms with Gasteiger partial charge in [-0.2, -0.15) is 13.2 Å². The van der Waals surface area contributed by atoms with Gasteiger partial charge >= 0.3 is 6.18 Å². The number of Topliss-reactive ketones (excluding diaryl/α,β-unsaturated/α-hetero) is 1. The number of nitrogens with one attached hydrogen (secondary N) is 1. The summed E-state index contributed by atoms with van der Waals surface area (Å²) in [6, 6.07) is 3.47. The predicted molar refractivity (Wildman–Crippen MR) is 127 cm³/mol. The Kier molecular flexibility index (Phi) is 8.75. The zero-order valence-electron chi connectivity index (χ0n) is 20.5. The zero-order chi connectivity index (χ0) is 29.2. The van der Waals surface area contributed by atoms with Gasteiger partial charge in [0.15, 0.2) is 29.7 Å². The van der Waals surface area contributed by atoms with Crippen LogP contribution in [-0.2, 0) is 9.53 Å². The number of rotatable bonds is 8. The van der Waals surface area contributed by atoms with Gasteiger partial charge in [0.25, 0.3) is 5.91 Å². The summed E-state index contributed by atoms with van der Waals surface area (Å²) in [5.41, 5.74) is -0.188. The molecular formula is C25H26F3NO10. The van der Waals surface area contributed by atoms with Crippen LogP contribution in [0.25, 0.3) is 6.08 Å². The van der Waals surface area contributed by atoms with Crippen molar-refractivity contribution >= 4 is 17.8 Å². The first-order valence-electron chi connectivity index (χ1n) is 11.4. The van der Waals surface area contributed by atoms with Gasteiger partial charge in [0.1, 0.15) is 30.3 Å². The number of benzene rings is 2. The molecule has 1 aliphatic rings. The number of hydrogen-bond acceptors (Lipinski definition) is 10. The van der Waals surface area contributed by atoms with Gasteiger partial charge < -0.3 is 45.4 Å². The highest BCUT2D eigenvalue weighted by molar-refractivity contribution is 6.14. The standard InChI is InChI=1S/C25H26F3NO10/c1-10(30)21(23(35)29-11(2)25(26,27)28)39-22(24(36)37)14-7-15-19(8-17(14)32)38-9-13(20(15)34)5-12-3-4-16(31)18(33)6-12/h3-8,10-11,21-22,24,30-33,36-37H,9H2,1-2H3,(H,29,35)/b13-5+. The molecule has 0 saturated heterocycles. The number of carbonyl (C=O) groups is 2. The summed E-state index contributed by atoms with van der Waals surface area (Å²) in [6.07, 6.45) is -11.7. The fourth-order valence-corrected chi connectivity index (χ4v) is 3.68. The topological polar surface area (TPSA) is 186 Å².